The fourth-order valence-corrected chi connectivity index (χ4v) is 4.95. The predicted molar refractivity (Wildman–Crippen MR) is 103 cm³/mol. The van der Waals surface area contributed by atoms with Crippen molar-refractivity contribution >= 4 is 29.5 Å². The maximum absolute atomic E-state index is 13.3. The maximum atomic E-state index is 13.3. The van der Waals surface area contributed by atoms with Crippen LogP contribution >= 0.6 is 0 Å². The van der Waals surface area contributed by atoms with Crippen LogP contribution in [0.15, 0.2) is 23.0 Å². The summed E-state index contributed by atoms with van der Waals surface area (Å²) in [5.74, 6) is -7.05. The lowest BCUT2D eigenvalue weighted by molar-refractivity contribution is -0.147. The number of aliphatic hydroxyl groups excluding tert-OH is 2. The molecule has 1 aromatic carbocycles. The average molecular weight is 429 g/mol. The molecule has 1 saturated carbocycles. The first-order valence-corrected chi connectivity index (χ1v) is 9.43. The monoisotopic (exact) mass is 429 g/mol. The molecule has 1 fully saturated rings. The van der Waals surface area contributed by atoms with E-state index >= 15 is 0 Å². The molecule has 162 valence electrons. The molecule has 10 heteroatoms. The van der Waals surface area contributed by atoms with E-state index in [1.807, 2.05) is 0 Å². The standard InChI is InChI=1S/C21H19NO9/c1-31-12-4-8(6-23)16(25)14-10(12)3-7-2-9-5-11(24)15(20(22)29)19(28)21(9,30)18(27)13(7)17(14)26/h4,6-7,9,25-26,28,30H,2-3,5H2,1H3,(H2,22,29)/t7-,9?,21+/m1/s1. The van der Waals surface area contributed by atoms with Gasteiger partial charge in [-0.05, 0) is 24.8 Å². The average Bonchev–Trinajstić information content (AvgIpc) is 2.70. The molecular formula is C21H19NO9. The third-order valence-corrected chi connectivity index (χ3v) is 6.40. The van der Waals surface area contributed by atoms with E-state index in [4.69, 9.17) is 10.5 Å². The Bertz CT molecular complexity index is 1150. The van der Waals surface area contributed by atoms with Gasteiger partial charge in [0.05, 0.1) is 18.2 Å². The number of nitrogens with two attached hydrogens (primary N) is 1. The third kappa shape index (κ3) is 2.54. The summed E-state index contributed by atoms with van der Waals surface area (Å²) in [7, 11) is 1.34. The molecule has 1 aromatic rings. The number of aromatic hydroxyl groups is 1. The molecular weight excluding hydrogens is 410 g/mol. The highest BCUT2D eigenvalue weighted by Crippen LogP contribution is 2.53. The predicted octanol–water partition coefficient (Wildman–Crippen LogP) is 0.245. The van der Waals surface area contributed by atoms with E-state index in [1.165, 1.54) is 13.2 Å². The number of fused-ring (bicyclic) bond motifs is 3. The molecule has 3 atom stereocenters. The highest BCUT2D eigenvalue weighted by molar-refractivity contribution is 6.22. The van der Waals surface area contributed by atoms with E-state index in [9.17, 15) is 39.6 Å². The number of hydrogen-bond acceptors (Lipinski definition) is 9. The van der Waals surface area contributed by atoms with Crippen molar-refractivity contribution in [1.82, 2.24) is 0 Å². The summed E-state index contributed by atoms with van der Waals surface area (Å²) in [6.07, 6.45) is 0.0792. The highest BCUT2D eigenvalue weighted by Gasteiger charge is 2.60. The number of hydrogen-bond donors (Lipinski definition) is 5. The highest BCUT2D eigenvalue weighted by atomic mass is 16.5. The van der Waals surface area contributed by atoms with E-state index in [-0.39, 0.29) is 35.3 Å². The summed E-state index contributed by atoms with van der Waals surface area (Å²) in [4.78, 5) is 48.6. The Morgan fingerprint density at radius 1 is 1.26 bits per heavy atom. The number of Topliss-reactive ketones (excluding diaryl/α,β-unsaturated/α-hetero) is 2. The smallest absolute Gasteiger partial charge is 0.255 e. The van der Waals surface area contributed by atoms with Gasteiger partial charge >= 0.3 is 0 Å². The zero-order valence-electron chi connectivity index (χ0n) is 16.3. The molecule has 0 spiro atoms. The van der Waals surface area contributed by atoms with Gasteiger partial charge in [-0.3, -0.25) is 19.2 Å². The van der Waals surface area contributed by atoms with Gasteiger partial charge in [-0.1, -0.05) is 0 Å². The molecule has 0 radical (unpaired) electrons. The van der Waals surface area contributed by atoms with Crippen LogP contribution in [0.4, 0.5) is 0 Å². The molecule has 6 N–H and O–H groups in total. The molecule has 3 aliphatic carbocycles. The Morgan fingerprint density at radius 3 is 2.52 bits per heavy atom. The molecule has 3 aliphatic rings. The van der Waals surface area contributed by atoms with Gasteiger partial charge in [0, 0.05) is 23.5 Å². The minimum atomic E-state index is -2.63. The van der Waals surface area contributed by atoms with Crippen molar-refractivity contribution in [1.29, 1.82) is 0 Å². The third-order valence-electron chi connectivity index (χ3n) is 6.40. The van der Waals surface area contributed by atoms with Gasteiger partial charge in [-0.2, -0.15) is 0 Å². The number of primary amides is 1. The zero-order chi connectivity index (χ0) is 22.8. The minimum Gasteiger partial charge on any atom is -0.508 e. The molecule has 0 aromatic heterocycles. The lowest BCUT2D eigenvalue weighted by Crippen LogP contribution is -2.58. The van der Waals surface area contributed by atoms with Crippen LogP contribution in [0.25, 0.3) is 5.76 Å². The summed E-state index contributed by atoms with van der Waals surface area (Å²) < 4.78 is 5.28. The van der Waals surface area contributed by atoms with Crippen LogP contribution in [0, 0.1) is 11.8 Å². The molecule has 1 amide bonds. The number of rotatable bonds is 3. The number of aliphatic hydroxyl groups is 3. The van der Waals surface area contributed by atoms with E-state index in [0.29, 0.717) is 11.8 Å². The van der Waals surface area contributed by atoms with Crippen LogP contribution in [-0.2, 0) is 20.8 Å². The second kappa shape index (κ2) is 6.67. The number of ether oxygens (including phenoxy) is 1. The number of phenols is 1. The van der Waals surface area contributed by atoms with Gasteiger partial charge in [-0.25, -0.2) is 0 Å². The zero-order valence-corrected chi connectivity index (χ0v) is 16.3. The van der Waals surface area contributed by atoms with Crippen LogP contribution in [0.3, 0.4) is 0 Å². The fraction of sp³-hybridized carbons (Fsp3) is 0.333. The van der Waals surface area contributed by atoms with Gasteiger partial charge in [0.15, 0.2) is 17.7 Å². The Balaban J connectivity index is 1.97. The molecule has 0 bridgehead atoms. The number of ketones is 2. The van der Waals surface area contributed by atoms with E-state index in [1.54, 1.807) is 0 Å². The Labute approximate surface area is 175 Å². The van der Waals surface area contributed by atoms with E-state index < -0.39 is 64.2 Å². The summed E-state index contributed by atoms with van der Waals surface area (Å²) in [5.41, 5.74) is 1.37. The number of amides is 1. The Kier molecular flexibility index (Phi) is 4.44. The fourth-order valence-electron chi connectivity index (χ4n) is 4.95. The van der Waals surface area contributed by atoms with Crippen molar-refractivity contribution < 1.29 is 44.3 Å². The van der Waals surface area contributed by atoms with Crippen molar-refractivity contribution in [2.45, 2.75) is 24.9 Å². The largest absolute Gasteiger partial charge is 0.508 e. The normalized spacial score (nSPS) is 27.4. The van der Waals surface area contributed by atoms with Crippen molar-refractivity contribution in [3.05, 3.63) is 39.7 Å². The van der Waals surface area contributed by atoms with Crippen molar-refractivity contribution in [2.75, 3.05) is 7.11 Å². The lowest BCUT2D eigenvalue weighted by Gasteiger charge is -2.46. The van der Waals surface area contributed by atoms with E-state index in [2.05, 4.69) is 0 Å². The summed E-state index contributed by atoms with van der Waals surface area (Å²) in [6, 6.07) is 1.30. The second-order valence-corrected chi connectivity index (χ2v) is 7.89. The maximum Gasteiger partial charge on any atom is 0.255 e. The minimum absolute atomic E-state index is 0.0161. The van der Waals surface area contributed by atoms with Crippen molar-refractivity contribution in [3.63, 3.8) is 0 Å². The molecule has 0 aliphatic heterocycles. The lowest BCUT2D eigenvalue weighted by atomic mass is 9.59. The molecule has 0 saturated heterocycles. The van der Waals surface area contributed by atoms with Crippen LogP contribution in [-0.4, -0.2) is 56.9 Å². The molecule has 10 nitrogen and oxygen atoms in total. The number of carbonyl (C=O) groups excluding carboxylic acids is 4. The van der Waals surface area contributed by atoms with Gasteiger partial charge < -0.3 is 30.9 Å². The molecule has 31 heavy (non-hydrogen) atoms. The van der Waals surface area contributed by atoms with Crippen LogP contribution in [0.5, 0.6) is 11.5 Å². The number of methoxy groups -OCH3 is 1. The number of benzene rings is 1. The molecule has 4 rings (SSSR count). The first-order chi connectivity index (χ1) is 14.6. The Hall–Kier alpha value is -3.66. The topological polar surface area (TPSA) is 184 Å². The number of aldehydes is 1. The first-order valence-electron chi connectivity index (χ1n) is 9.43. The van der Waals surface area contributed by atoms with E-state index in [0.717, 1.165) is 0 Å². The van der Waals surface area contributed by atoms with Crippen LogP contribution < -0.4 is 10.5 Å². The number of carbonyl (C=O) groups is 4. The number of phenolic OH excluding ortho intramolecular Hbond substituents is 1. The molecule has 1 unspecified atom stereocenters. The van der Waals surface area contributed by atoms with Gasteiger partial charge in [0.1, 0.15) is 28.6 Å². The SMILES string of the molecule is COc1cc(C=O)c(O)c2c1C[C@H]1CC3CC(=O)C(C(N)=O)=C(O)[C@@]3(O)C(=O)C1=C2O. The quantitative estimate of drug-likeness (QED) is 0.332. The summed E-state index contributed by atoms with van der Waals surface area (Å²) in [6.45, 7) is 0. The first kappa shape index (κ1) is 20.6. The van der Waals surface area contributed by atoms with Gasteiger partial charge in [0.25, 0.3) is 5.91 Å². The van der Waals surface area contributed by atoms with Crippen molar-refractivity contribution in [3.8, 4) is 11.5 Å². The van der Waals surface area contributed by atoms with Gasteiger partial charge in [-0.15, -0.1) is 0 Å². The summed E-state index contributed by atoms with van der Waals surface area (Å²) >= 11 is 0. The molecule has 0 heterocycles. The van der Waals surface area contributed by atoms with Crippen molar-refractivity contribution in [2.24, 2.45) is 17.6 Å². The summed E-state index contributed by atoms with van der Waals surface area (Å²) in [5, 5.41) is 43.0. The Morgan fingerprint density at radius 2 is 1.94 bits per heavy atom. The van der Waals surface area contributed by atoms with Crippen LogP contribution in [0.2, 0.25) is 0 Å². The second-order valence-electron chi connectivity index (χ2n) is 7.89. The van der Waals surface area contributed by atoms with Crippen LogP contribution in [0.1, 0.15) is 34.3 Å². The van der Waals surface area contributed by atoms with Gasteiger partial charge in [0.2, 0.25) is 5.78 Å².